The van der Waals surface area contributed by atoms with Crippen molar-refractivity contribution >= 4 is 11.7 Å². The van der Waals surface area contributed by atoms with Crippen molar-refractivity contribution in [2.24, 2.45) is 0 Å². The van der Waals surface area contributed by atoms with Crippen LogP contribution in [0.1, 0.15) is 16.2 Å². The van der Waals surface area contributed by atoms with Gasteiger partial charge in [0.2, 0.25) is 0 Å². The van der Waals surface area contributed by atoms with Gasteiger partial charge < -0.3 is 5.32 Å². The number of nitrogens with zero attached hydrogens (tertiary/aromatic N) is 3. The average molecular weight is 224 g/mol. The largest absolute Gasteiger partial charge is 0.305 e. The van der Waals surface area contributed by atoms with E-state index in [9.17, 15) is 4.79 Å². The van der Waals surface area contributed by atoms with Crippen molar-refractivity contribution < 1.29 is 4.79 Å². The molecule has 0 aliphatic heterocycles. The molecule has 0 aliphatic carbocycles. The Morgan fingerprint density at radius 2 is 2.12 bits per heavy atom. The molecule has 5 heteroatoms. The van der Waals surface area contributed by atoms with Crippen molar-refractivity contribution in [1.82, 2.24) is 9.97 Å². The second-order valence-electron chi connectivity index (χ2n) is 3.19. The van der Waals surface area contributed by atoms with Gasteiger partial charge in [-0.3, -0.25) is 4.79 Å². The van der Waals surface area contributed by atoms with Crippen LogP contribution in [0.2, 0.25) is 0 Å². The van der Waals surface area contributed by atoms with Crippen LogP contribution in [0.15, 0.2) is 42.6 Å². The molecule has 0 radical (unpaired) electrons. The molecule has 0 saturated heterocycles. The molecule has 0 aromatic carbocycles. The van der Waals surface area contributed by atoms with E-state index < -0.39 is 0 Å². The summed E-state index contributed by atoms with van der Waals surface area (Å²) in [6, 6.07) is 11.8. The zero-order valence-corrected chi connectivity index (χ0v) is 8.79. The Hall–Kier alpha value is -2.74. The lowest BCUT2D eigenvalue weighted by Gasteiger charge is -2.02. The van der Waals surface area contributed by atoms with Crippen LogP contribution in [0.5, 0.6) is 0 Å². The van der Waals surface area contributed by atoms with Crippen LogP contribution in [0.4, 0.5) is 5.82 Å². The zero-order valence-electron chi connectivity index (χ0n) is 8.79. The second kappa shape index (κ2) is 4.86. The molecule has 0 spiro atoms. The molecule has 0 bridgehead atoms. The van der Waals surface area contributed by atoms with Gasteiger partial charge >= 0.3 is 0 Å². The first-order chi connectivity index (χ1) is 8.29. The number of nitrogens with one attached hydrogen (secondary N) is 1. The molecule has 2 rings (SSSR count). The van der Waals surface area contributed by atoms with Gasteiger partial charge in [-0.1, -0.05) is 12.1 Å². The summed E-state index contributed by atoms with van der Waals surface area (Å²) in [6.07, 6.45) is 1.58. The van der Waals surface area contributed by atoms with Crippen molar-refractivity contribution in [3.8, 4) is 6.07 Å². The standard InChI is InChI=1S/C12H8N4O/c13-8-9-4-3-5-10(15-9)12(17)16-11-6-1-2-7-14-11/h1-7H,(H,14,16,17). The van der Waals surface area contributed by atoms with E-state index in [2.05, 4.69) is 15.3 Å². The maximum absolute atomic E-state index is 11.8. The van der Waals surface area contributed by atoms with Crippen molar-refractivity contribution in [3.05, 3.63) is 54.0 Å². The minimum Gasteiger partial charge on any atom is -0.305 e. The van der Waals surface area contributed by atoms with Gasteiger partial charge in [0.05, 0.1) is 0 Å². The van der Waals surface area contributed by atoms with Crippen LogP contribution in [0.25, 0.3) is 0 Å². The Morgan fingerprint density at radius 3 is 2.82 bits per heavy atom. The maximum atomic E-state index is 11.8. The summed E-state index contributed by atoms with van der Waals surface area (Å²) in [5.41, 5.74) is 0.397. The highest BCUT2D eigenvalue weighted by Crippen LogP contribution is 2.04. The molecule has 82 valence electrons. The van der Waals surface area contributed by atoms with E-state index in [1.807, 2.05) is 6.07 Å². The average Bonchev–Trinajstić information content (AvgIpc) is 2.40. The number of hydrogen-bond donors (Lipinski definition) is 1. The van der Waals surface area contributed by atoms with Gasteiger partial charge in [0.1, 0.15) is 23.3 Å². The van der Waals surface area contributed by atoms with Crippen LogP contribution < -0.4 is 5.32 Å². The summed E-state index contributed by atoms with van der Waals surface area (Å²) in [6.45, 7) is 0. The highest BCUT2D eigenvalue weighted by molar-refractivity contribution is 6.02. The monoisotopic (exact) mass is 224 g/mol. The number of pyridine rings is 2. The Balaban J connectivity index is 2.18. The van der Waals surface area contributed by atoms with E-state index in [1.54, 1.807) is 36.5 Å². The number of anilines is 1. The van der Waals surface area contributed by atoms with Crippen LogP contribution >= 0.6 is 0 Å². The summed E-state index contributed by atoms with van der Waals surface area (Å²) in [5.74, 6) is 0.0578. The van der Waals surface area contributed by atoms with Gasteiger partial charge in [0, 0.05) is 6.20 Å². The zero-order chi connectivity index (χ0) is 12.1. The normalized spacial score (nSPS) is 9.35. The highest BCUT2D eigenvalue weighted by Gasteiger charge is 2.08. The maximum Gasteiger partial charge on any atom is 0.275 e. The first-order valence-corrected chi connectivity index (χ1v) is 4.89. The van der Waals surface area contributed by atoms with Gasteiger partial charge in [0.15, 0.2) is 0 Å². The molecule has 2 aromatic heterocycles. The molecule has 0 aliphatic rings. The second-order valence-corrected chi connectivity index (χ2v) is 3.19. The molecule has 17 heavy (non-hydrogen) atoms. The Bertz CT molecular complexity index is 575. The van der Waals surface area contributed by atoms with Gasteiger partial charge in [0.25, 0.3) is 5.91 Å². The first kappa shape index (κ1) is 10.8. The number of aromatic nitrogens is 2. The fourth-order valence-corrected chi connectivity index (χ4v) is 1.24. The van der Waals surface area contributed by atoms with Gasteiger partial charge in [-0.15, -0.1) is 0 Å². The third kappa shape index (κ3) is 2.63. The molecular weight excluding hydrogens is 216 g/mol. The van der Waals surface area contributed by atoms with E-state index in [-0.39, 0.29) is 17.3 Å². The van der Waals surface area contributed by atoms with Crippen LogP contribution in [0, 0.1) is 11.3 Å². The highest BCUT2D eigenvalue weighted by atomic mass is 16.1. The molecule has 0 atom stereocenters. The molecule has 1 amide bonds. The molecular formula is C12H8N4O. The number of carbonyl (C=O) groups excluding carboxylic acids is 1. The van der Waals surface area contributed by atoms with Gasteiger partial charge in [-0.25, -0.2) is 9.97 Å². The summed E-state index contributed by atoms with van der Waals surface area (Å²) < 4.78 is 0. The number of amides is 1. The topological polar surface area (TPSA) is 78.7 Å². The number of carbonyl (C=O) groups is 1. The lowest BCUT2D eigenvalue weighted by molar-refractivity contribution is 0.102. The molecule has 1 N–H and O–H groups in total. The number of nitriles is 1. The predicted octanol–water partition coefficient (Wildman–Crippen LogP) is 1.60. The third-order valence-electron chi connectivity index (χ3n) is 2.00. The summed E-state index contributed by atoms with van der Waals surface area (Å²) in [7, 11) is 0. The van der Waals surface area contributed by atoms with Gasteiger partial charge in [-0.2, -0.15) is 5.26 Å². The quantitative estimate of drug-likeness (QED) is 0.840. The lowest BCUT2D eigenvalue weighted by Crippen LogP contribution is -2.14. The first-order valence-electron chi connectivity index (χ1n) is 4.89. The van der Waals surface area contributed by atoms with Crippen molar-refractivity contribution in [3.63, 3.8) is 0 Å². The number of rotatable bonds is 2. The fraction of sp³-hybridized carbons (Fsp3) is 0. The van der Waals surface area contributed by atoms with Gasteiger partial charge in [-0.05, 0) is 24.3 Å². The molecule has 2 aromatic rings. The predicted molar refractivity (Wildman–Crippen MR) is 61.1 cm³/mol. The summed E-state index contributed by atoms with van der Waals surface area (Å²) >= 11 is 0. The van der Waals surface area contributed by atoms with Crippen molar-refractivity contribution in [1.29, 1.82) is 5.26 Å². The molecule has 0 unspecified atom stereocenters. The molecule has 2 heterocycles. The molecule has 0 saturated carbocycles. The van der Waals surface area contributed by atoms with E-state index in [0.29, 0.717) is 5.82 Å². The Labute approximate surface area is 97.8 Å². The Morgan fingerprint density at radius 1 is 1.24 bits per heavy atom. The minimum atomic E-state index is -0.388. The van der Waals surface area contributed by atoms with E-state index in [4.69, 9.17) is 5.26 Å². The summed E-state index contributed by atoms with van der Waals surface area (Å²) in [5, 5.41) is 11.3. The van der Waals surface area contributed by atoms with E-state index >= 15 is 0 Å². The fourth-order valence-electron chi connectivity index (χ4n) is 1.24. The molecule has 0 fully saturated rings. The van der Waals surface area contributed by atoms with Crippen LogP contribution in [0.3, 0.4) is 0 Å². The van der Waals surface area contributed by atoms with Crippen molar-refractivity contribution in [2.75, 3.05) is 5.32 Å². The van der Waals surface area contributed by atoms with E-state index in [0.717, 1.165) is 0 Å². The third-order valence-corrected chi connectivity index (χ3v) is 2.00. The van der Waals surface area contributed by atoms with Crippen LogP contribution in [-0.2, 0) is 0 Å². The molecule has 5 nitrogen and oxygen atoms in total. The van der Waals surface area contributed by atoms with Crippen LogP contribution in [-0.4, -0.2) is 15.9 Å². The Kier molecular flexibility index (Phi) is 3.08. The SMILES string of the molecule is N#Cc1cccc(C(=O)Nc2ccccn2)n1. The minimum absolute atomic E-state index is 0.190. The number of hydrogen-bond acceptors (Lipinski definition) is 4. The smallest absolute Gasteiger partial charge is 0.275 e. The van der Waals surface area contributed by atoms with Crippen molar-refractivity contribution in [2.45, 2.75) is 0 Å². The summed E-state index contributed by atoms with van der Waals surface area (Å²) in [4.78, 5) is 19.6. The lowest BCUT2D eigenvalue weighted by atomic mass is 10.3. The van der Waals surface area contributed by atoms with E-state index in [1.165, 1.54) is 6.07 Å².